The molecule has 0 aliphatic carbocycles. The molecule has 0 fully saturated rings. The molecule has 1 rings (SSSR count). The smallest absolute Gasteiger partial charge is 0.135 e. The number of hydrogen-bond donors (Lipinski definition) is 1. The number of benzene rings is 1. The summed E-state index contributed by atoms with van der Waals surface area (Å²) in [6, 6.07) is 3.88. The number of hydrogen-bond acceptors (Lipinski definition) is 2. The van der Waals surface area contributed by atoms with E-state index in [0.29, 0.717) is 5.56 Å². The van der Waals surface area contributed by atoms with E-state index in [-0.39, 0.29) is 16.8 Å². The third-order valence-electron chi connectivity index (χ3n) is 2.11. The highest BCUT2D eigenvalue weighted by atomic mass is 19.1. The van der Waals surface area contributed by atoms with Crippen molar-refractivity contribution in [1.82, 2.24) is 0 Å². The van der Waals surface area contributed by atoms with Gasteiger partial charge in [-0.15, -0.1) is 0 Å². The SMILES string of the molecule is C/C(C#N)=C(/N)c1cc(C)c(F)cc1F. The lowest BCUT2D eigenvalue weighted by molar-refractivity contribution is 0.575. The summed E-state index contributed by atoms with van der Waals surface area (Å²) >= 11 is 0. The average molecular weight is 208 g/mol. The van der Waals surface area contributed by atoms with Crippen LogP contribution in [0.3, 0.4) is 0 Å². The highest BCUT2D eigenvalue weighted by Crippen LogP contribution is 2.20. The van der Waals surface area contributed by atoms with Crippen molar-refractivity contribution in [2.75, 3.05) is 0 Å². The van der Waals surface area contributed by atoms with Gasteiger partial charge in [0, 0.05) is 11.6 Å². The van der Waals surface area contributed by atoms with Crippen molar-refractivity contribution >= 4 is 5.70 Å². The van der Waals surface area contributed by atoms with Gasteiger partial charge < -0.3 is 5.73 Å². The summed E-state index contributed by atoms with van der Waals surface area (Å²) in [6.07, 6.45) is 0. The summed E-state index contributed by atoms with van der Waals surface area (Å²) in [7, 11) is 0. The Kier molecular flexibility index (Phi) is 3.05. The molecule has 0 atom stereocenters. The summed E-state index contributed by atoms with van der Waals surface area (Å²) in [4.78, 5) is 0. The molecule has 0 unspecified atom stereocenters. The lowest BCUT2D eigenvalue weighted by Gasteiger charge is -2.06. The Balaban J connectivity index is 3.41. The molecular formula is C11H10F2N2. The van der Waals surface area contributed by atoms with Crippen molar-refractivity contribution in [1.29, 1.82) is 5.26 Å². The predicted molar refractivity (Wildman–Crippen MR) is 53.5 cm³/mol. The van der Waals surface area contributed by atoms with E-state index in [0.717, 1.165) is 6.07 Å². The molecular weight excluding hydrogens is 198 g/mol. The van der Waals surface area contributed by atoms with E-state index < -0.39 is 11.6 Å². The van der Waals surface area contributed by atoms with E-state index in [2.05, 4.69) is 0 Å². The molecule has 2 nitrogen and oxygen atoms in total. The Morgan fingerprint density at radius 3 is 2.47 bits per heavy atom. The van der Waals surface area contributed by atoms with Gasteiger partial charge in [-0.25, -0.2) is 8.78 Å². The van der Waals surface area contributed by atoms with Crippen LogP contribution in [0.2, 0.25) is 0 Å². The Bertz CT molecular complexity index is 470. The zero-order valence-electron chi connectivity index (χ0n) is 8.44. The molecule has 0 heterocycles. The molecule has 0 bridgehead atoms. The van der Waals surface area contributed by atoms with E-state index in [1.54, 1.807) is 0 Å². The minimum absolute atomic E-state index is 0.0399. The van der Waals surface area contributed by atoms with Crippen LogP contribution in [0.5, 0.6) is 0 Å². The molecule has 0 spiro atoms. The molecule has 4 heteroatoms. The van der Waals surface area contributed by atoms with Crippen LogP contribution in [0, 0.1) is 29.9 Å². The Morgan fingerprint density at radius 1 is 1.33 bits per heavy atom. The molecule has 0 radical (unpaired) electrons. The summed E-state index contributed by atoms with van der Waals surface area (Å²) in [6.45, 7) is 2.99. The van der Waals surface area contributed by atoms with Crippen LogP contribution in [0.4, 0.5) is 8.78 Å². The monoisotopic (exact) mass is 208 g/mol. The third kappa shape index (κ3) is 2.13. The standard InChI is InChI=1S/C11H10F2N2/c1-6-3-8(10(13)4-9(6)12)11(15)7(2)5-14/h3-4H,15H2,1-2H3/b11-7-. The van der Waals surface area contributed by atoms with Crippen LogP contribution in [0.1, 0.15) is 18.1 Å². The van der Waals surface area contributed by atoms with Gasteiger partial charge >= 0.3 is 0 Å². The maximum atomic E-state index is 13.3. The molecule has 0 saturated heterocycles. The largest absolute Gasteiger partial charge is 0.397 e. The average Bonchev–Trinajstić information content (AvgIpc) is 2.21. The molecule has 0 aliphatic rings. The predicted octanol–water partition coefficient (Wildman–Crippen LogP) is 2.49. The number of allylic oxidation sites excluding steroid dienone is 1. The minimum atomic E-state index is -0.759. The fourth-order valence-electron chi connectivity index (χ4n) is 1.13. The lowest BCUT2D eigenvalue weighted by atomic mass is 10.0. The molecule has 2 N–H and O–H groups in total. The van der Waals surface area contributed by atoms with Gasteiger partial charge in [0.05, 0.1) is 17.3 Å². The van der Waals surface area contributed by atoms with Crippen LogP contribution >= 0.6 is 0 Å². The van der Waals surface area contributed by atoms with E-state index >= 15 is 0 Å². The van der Waals surface area contributed by atoms with Crippen LogP contribution in [-0.4, -0.2) is 0 Å². The van der Waals surface area contributed by atoms with Crippen molar-refractivity contribution in [3.05, 3.63) is 40.5 Å². The van der Waals surface area contributed by atoms with Gasteiger partial charge in [0.15, 0.2) is 0 Å². The zero-order valence-corrected chi connectivity index (χ0v) is 8.44. The fourth-order valence-corrected chi connectivity index (χ4v) is 1.13. The van der Waals surface area contributed by atoms with Crippen molar-refractivity contribution < 1.29 is 8.78 Å². The van der Waals surface area contributed by atoms with E-state index in [1.165, 1.54) is 19.9 Å². The summed E-state index contributed by atoms with van der Waals surface area (Å²) in [5.41, 5.74) is 6.17. The van der Waals surface area contributed by atoms with E-state index in [1.807, 2.05) is 6.07 Å². The second kappa shape index (κ2) is 4.09. The first-order chi connectivity index (χ1) is 6.97. The quantitative estimate of drug-likeness (QED) is 0.721. The van der Waals surface area contributed by atoms with E-state index in [9.17, 15) is 8.78 Å². The van der Waals surface area contributed by atoms with Gasteiger partial charge in [-0.2, -0.15) is 5.26 Å². The second-order valence-electron chi connectivity index (χ2n) is 3.23. The normalized spacial score (nSPS) is 11.9. The van der Waals surface area contributed by atoms with Crippen LogP contribution in [-0.2, 0) is 0 Å². The summed E-state index contributed by atoms with van der Waals surface area (Å²) in [5, 5.41) is 8.60. The zero-order chi connectivity index (χ0) is 11.6. The van der Waals surface area contributed by atoms with E-state index in [4.69, 9.17) is 11.0 Å². The topological polar surface area (TPSA) is 49.8 Å². The maximum Gasteiger partial charge on any atom is 0.135 e. The number of nitriles is 1. The lowest BCUT2D eigenvalue weighted by Crippen LogP contribution is -2.03. The van der Waals surface area contributed by atoms with Gasteiger partial charge in [-0.3, -0.25) is 0 Å². The Labute approximate surface area is 86.6 Å². The van der Waals surface area contributed by atoms with Gasteiger partial charge in [0.1, 0.15) is 11.6 Å². The van der Waals surface area contributed by atoms with Crippen LogP contribution in [0.15, 0.2) is 17.7 Å². The van der Waals surface area contributed by atoms with Crippen molar-refractivity contribution in [2.45, 2.75) is 13.8 Å². The van der Waals surface area contributed by atoms with Gasteiger partial charge in [-0.1, -0.05) is 0 Å². The number of aryl methyl sites for hydroxylation is 1. The van der Waals surface area contributed by atoms with Crippen molar-refractivity contribution in [3.8, 4) is 6.07 Å². The second-order valence-corrected chi connectivity index (χ2v) is 3.23. The highest BCUT2D eigenvalue weighted by molar-refractivity contribution is 5.69. The molecule has 0 saturated carbocycles. The van der Waals surface area contributed by atoms with Crippen LogP contribution in [0.25, 0.3) is 5.70 Å². The molecule has 0 aromatic heterocycles. The number of halogens is 2. The Morgan fingerprint density at radius 2 is 1.93 bits per heavy atom. The maximum absolute atomic E-state index is 13.3. The van der Waals surface area contributed by atoms with Gasteiger partial charge in [0.2, 0.25) is 0 Å². The minimum Gasteiger partial charge on any atom is -0.397 e. The van der Waals surface area contributed by atoms with Crippen molar-refractivity contribution in [3.63, 3.8) is 0 Å². The number of rotatable bonds is 1. The Hall–Kier alpha value is -1.89. The third-order valence-corrected chi connectivity index (χ3v) is 2.11. The molecule has 0 aliphatic heterocycles. The molecule has 78 valence electrons. The van der Waals surface area contributed by atoms with Gasteiger partial charge in [-0.05, 0) is 25.5 Å². The molecule has 0 amide bonds. The van der Waals surface area contributed by atoms with Gasteiger partial charge in [0.25, 0.3) is 0 Å². The first kappa shape index (κ1) is 11.2. The molecule has 1 aromatic rings. The van der Waals surface area contributed by atoms with Crippen molar-refractivity contribution in [2.24, 2.45) is 5.73 Å². The number of nitrogens with zero attached hydrogens (tertiary/aromatic N) is 1. The fraction of sp³-hybridized carbons (Fsp3) is 0.182. The first-order valence-electron chi connectivity index (χ1n) is 4.29. The number of nitrogens with two attached hydrogens (primary N) is 1. The summed E-state index contributed by atoms with van der Waals surface area (Å²) in [5.74, 6) is -1.39. The summed E-state index contributed by atoms with van der Waals surface area (Å²) < 4.78 is 26.3. The van der Waals surface area contributed by atoms with Crippen LogP contribution < -0.4 is 5.73 Å². The molecule has 1 aromatic carbocycles. The first-order valence-corrected chi connectivity index (χ1v) is 4.29. The highest BCUT2D eigenvalue weighted by Gasteiger charge is 2.11. The molecule has 15 heavy (non-hydrogen) atoms.